The topological polar surface area (TPSA) is 46.2 Å². The monoisotopic (exact) mass is 151 g/mol. The molecule has 0 unspecified atom stereocenters. The van der Waals surface area contributed by atoms with Crippen LogP contribution in [0.1, 0.15) is 10.4 Å². The summed E-state index contributed by atoms with van der Waals surface area (Å²) in [5.74, 6) is -0.539. The zero-order chi connectivity index (χ0) is 8.27. The van der Waals surface area contributed by atoms with Crippen LogP contribution in [0, 0.1) is 0 Å². The Kier molecular flexibility index (Phi) is 2.11. The van der Waals surface area contributed by atoms with Crippen LogP contribution in [0.2, 0.25) is 0 Å². The molecular formula is C8H7O3. The smallest absolute Gasteiger partial charge is 0.386 e. The Balaban J connectivity index is 2.91. The third-order valence-electron chi connectivity index (χ3n) is 1.33. The maximum atomic E-state index is 10.2. The number of carbonyl (C=O) groups excluding carboxylic acids is 1. The summed E-state index contributed by atoms with van der Waals surface area (Å²) in [6, 6.07) is 6.03. The minimum atomic E-state index is -1.17. The van der Waals surface area contributed by atoms with Gasteiger partial charge in [-0.2, -0.15) is 0 Å². The van der Waals surface area contributed by atoms with Gasteiger partial charge in [0, 0.05) is 0 Å². The van der Waals surface area contributed by atoms with E-state index in [9.17, 15) is 9.90 Å². The van der Waals surface area contributed by atoms with Crippen molar-refractivity contribution in [2.24, 2.45) is 0 Å². The maximum absolute atomic E-state index is 10.2. The number of carbonyl (C=O) groups is 1. The van der Waals surface area contributed by atoms with Crippen LogP contribution in [0.5, 0.6) is 5.75 Å². The first-order valence-electron chi connectivity index (χ1n) is 3.09. The van der Waals surface area contributed by atoms with Crippen molar-refractivity contribution in [2.45, 2.75) is 0 Å². The van der Waals surface area contributed by atoms with Crippen LogP contribution in [-0.4, -0.2) is 13.1 Å². The summed E-state index contributed by atoms with van der Waals surface area (Å²) in [5, 5.41) is 10.2. The summed E-state index contributed by atoms with van der Waals surface area (Å²) < 4.78 is 4.84. The van der Waals surface area contributed by atoms with E-state index in [1.165, 1.54) is 19.2 Å². The fraction of sp³-hybridized carbons (Fsp3) is 0.125. The molecule has 0 fully saturated rings. The highest BCUT2D eigenvalue weighted by Crippen LogP contribution is 2.10. The molecule has 11 heavy (non-hydrogen) atoms. The molecule has 1 aromatic carbocycles. The Morgan fingerprint density at radius 3 is 2.18 bits per heavy atom. The van der Waals surface area contributed by atoms with Crippen LogP contribution in [0.4, 0.5) is 0 Å². The second-order valence-electron chi connectivity index (χ2n) is 2.02. The molecule has 0 spiro atoms. The molecule has 0 aromatic heterocycles. The zero-order valence-corrected chi connectivity index (χ0v) is 6.03. The van der Waals surface area contributed by atoms with Crippen molar-refractivity contribution in [3.8, 4) is 5.75 Å². The number of rotatable bonds is 2. The minimum Gasteiger partial charge on any atom is -0.497 e. The molecule has 1 aromatic rings. The predicted octanol–water partition coefficient (Wildman–Crippen LogP) is 1.27. The van der Waals surface area contributed by atoms with E-state index in [2.05, 4.69) is 0 Å². The Bertz CT molecular complexity index is 251. The van der Waals surface area contributed by atoms with Crippen LogP contribution >= 0.6 is 0 Å². The number of ether oxygens (including phenoxy) is 1. The van der Waals surface area contributed by atoms with Gasteiger partial charge in [-0.3, -0.25) is 0 Å². The van der Waals surface area contributed by atoms with Crippen molar-refractivity contribution in [3.05, 3.63) is 29.8 Å². The van der Waals surface area contributed by atoms with Gasteiger partial charge >= 0.3 is 5.97 Å². The Morgan fingerprint density at radius 2 is 1.82 bits per heavy atom. The largest absolute Gasteiger partial charge is 0.497 e. The number of benzene rings is 1. The molecule has 0 aliphatic carbocycles. The highest BCUT2D eigenvalue weighted by Gasteiger charge is 2.02. The van der Waals surface area contributed by atoms with Crippen molar-refractivity contribution in [1.29, 1.82) is 0 Å². The van der Waals surface area contributed by atoms with E-state index in [0.717, 1.165) is 0 Å². The predicted molar refractivity (Wildman–Crippen MR) is 38.0 cm³/mol. The third-order valence-corrected chi connectivity index (χ3v) is 1.33. The fourth-order valence-electron chi connectivity index (χ4n) is 0.727. The second-order valence-corrected chi connectivity index (χ2v) is 2.02. The first-order chi connectivity index (χ1) is 5.24. The molecule has 0 bridgehead atoms. The maximum Gasteiger partial charge on any atom is 0.386 e. The molecule has 0 saturated carbocycles. The number of methoxy groups -OCH3 is 1. The molecule has 3 nitrogen and oxygen atoms in total. The highest BCUT2D eigenvalue weighted by atomic mass is 16.5. The molecule has 0 aliphatic rings. The Morgan fingerprint density at radius 1 is 1.27 bits per heavy atom. The minimum absolute atomic E-state index is 0.158. The summed E-state index contributed by atoms with van der Waals surface area (Å²) in [5.41, 5.74) is 0.158. The lowest BCUT2D eigenvalue weighted by atomic mass is 10.2. The van der Waals surface area contributed by atoms with Crippen LogP contribution in [0.15, 0.2) is 24.3 Å². The van der Waals surface area contributed by atoms with E-state index < -0.39 is 5.97 Å². The van der Waals surface area contributed by atoms with E-state index in [0.29, 0.717) is 5.75 Å². The van der Waals surface area contributed by atoms with Gasteiger partial charge in [-0.1, -0.05) is 0 Å². The van der Waals surface area contributed by atoms with E-state index in [1.807, 2.05) is 0 Å². The quantitative estimate of drug-likeness (QED) is 0.638. The third kappa shape index (κ3) is 1.70. The molecule has 0 amide bonds. The van der Waals surface area contributed by atoms with Crippen LogP contribution in [0.3, 0.4) is 0 Å². The van der Waals surface area contributed by atoms with Gasteiger partial charge in [0.2, 0.25) is 0 Å². The standard InChI is InChI=1S/C8H7O3/c1-11-7-4-2-6(3-5-7)8(9)10/h2-5H,1H3. The molecule has 0 N–H and O–H groups in total. The van der Waals surface area contributed by atoms with Gasteiger partial charge in [0.15, 0.2) is 0 Å². The van der Waals surface area contributed by atoms with E-state index >= 15 is 0 Å². The van der Waals surface area contributed by atoms with Gasteiger partial charge in [0.05, 0.1) is 12.7 Å². The van der Waals surface area contributed by atoms with Crippen molar-refractivity contribution >= 4 is 5.97 Å². The Labute approximate surface area is 64.2 Å². The lowest BCUT2D eigenvalue weighted by molar-refractivity contribution is 0.0573. The Hall–Kier alpha value is -1.51. The summed E-state index contributed by atoms with van der Waals surface area (Å²) in [4.78, 5) is 10.2. The van der Waals surface area contributed by atoms with Gasteiger partial charge in [-0.15, -0.1) is 0 Å². The van der Waals surface area contributed by atoms with Gasteiger partial charge < -0.3 is 4.74 Å². The molecule has 0 atom stereocenters. The lowest BCUT2D eigenvalue weighted by Gasteiger charge is -1.97. The van der Waals surface area contributed by atoms with Gasteiger partial charge in [0.1, 0.15) is 5.75 Å². The van der Waals surface area contributed by atoms with Gasteiger partial charge in [0.25, 0.3) is 0 Å². The molecule has 1 rings (SSSR count). The molecule has 0 heterocycles. The molecule has 1 radical (unpaired) electrons. The number of hydrogen-bond acceptors (Lipinski definition) is 2. The van der Waals surface area contributed by atoms with E-state index in [4.69, 9.17) is 4.74 Å². The van der Waals surface area contributed by atoms with Crippen LogP contribution < -0.4 is 4.74 Å². The van der Waals surface area contributed by atoms with E-state index in [-0.39, 0.29) is 5.56 Å². The van der Waals surface area contributed by atoms with Crippen LogP contribution in [0.25, 0.3) is 0 Å². The van der Waals surface area contributed by atoms with Crippen molar-refractivity contribution in [3.63, 3.8) is 0 Å². The summed E-state index contributed by atoms with van der Waals surface area (Å²) in [6.45, 7) is 0. The first-order valence-corrected chi connectivity index (χ1v) is 3.09. The molecular weight excluding hydrogens is 144 g/mol. The summed E-state index contributed by atoms with van der Waals surface area (Å²) in [6.07, 6.45) is 0. The second kappa shape index (κ2) is 3.05. The summed E-state index contributed by atoms with van der Waals surface area (Å²) in [7, 11) is 1.52. The molecule has 0 aliphatic heterocycles. The van der Waals surface area contributed by atoms with Crippen molar-refractivity contribution < 1.29 is 14.6 Å². The first kappa shape index (κ1) is 7.60. The molecule has 57 valence electrons. The highest BCUT2D eigenvalue weighted by molar-refractivity contribution is 5.87. The average molecular weight is 151 g/mol. The fourth-order valence-corrected chi connectivity index (χ4v) is 0.727. The number of hydrogen-bond donors (Lipinski definition) is 0. The van der Waals surface area contributed by atoms with Gasteiger partial charge in [-0.25, -0.2) is 9.90 Å². The van der Waals surface area contributed by atoms with Gasteiger partial charge in [-0.05, 0) is 24.3 Å². The van der Waals surface area contributed by atoms with Crippen molar-refractivity contribution in [1.82, 2.24) is 0 Å². The average Bonchev–Trinajstić information content (AvgIpc) is 2.05. The molecule has 0 saturated heterocycles. The van der Waals surface area contributed by atoms with Crippen LogP contribution in [-0.2, 0) is 5.11 Å². The van der Waals surface area contributed by atoms with Crippen molar-refractivity contribution in [2.75, 3.05) is 7.11 Å². The summed E-state index contributed by atoms with van der Waals surface area (Å²) >= 11 is 0. The lowest BCUT2D eigenvalue weighted by Crippen LogP contribution is -1.93. The molecule has 3 heteroatoms. The zero-order valence-electron chi connectivity index (χ0n) is 6.03. The van der Waals surface area contributed by atoms with E-state index in [1.54, 1.807) is 12.1 Å². The normalized spacial score (nSPS) is 9.18. The SMILES string of the molecule is COc1ccc(C([O])=O)cc1.